The number of hydrogen-bond donors (Lipinski definition) is 1. The van der Waals surface area contributed by atoms with E-state index in [9.17, 15) is 4.79 Å². The molecule has 102 valence electrons. The first-order chi connectivity index (χ1) is 8.74. The van der Waals surface area contributed by atoms with E-state index in [1.165, 1.54) is 12.8 Å². The third-order valence-corrected chi connectivity index (χ3v) is 3.56. The van der Waals surface area contributed by atoms with Crippen molar-refractivity contribution in [1.29, 1.82) is 0 Å². The number of amides is 1. The number of carbonyl (C=O) groups is 1. The van der Waals surface area contributed by atoms with Crippen molar-refractivity contribution in [2.45, 2.75) is 44.2 Å². The fraction of sp³-hybridized carbons (Fsp3) is 0.818. The van der Waals surface area contributed by atoms with Crippen molar-refractivity contribution < 1.29 is 4.79 Å². The van der Waals surface area contributed by atoms with Crippen LogP contribution in [-0.2, 0) is 11.8 Å². The van der Waals surface area contributed by atoms with Crippen molar-refractivity contribution >= 4 is 17.7 Å². The summed E-state index contributed by atoms with van der Waals surface area (Å²) in [6, 6.07) is 0. The Bertz CT molecular complexity index is 355. The summed E-state index contributed by atoms with van der Waals surface area (Å²) in [7, 11) is 1.81. The highest BCUT2D eigenvalue weighted by Crippen LogP contribution is 2.14. The quantitative estimate of drug-likeness (QED) is 0.543. The number of rotatable bonds is 9. The van der Waals surface area contributed by atoms with Gasteiger partial charge in [0.25, 0.3) is 0 Å². The third-order valence-electron chi connectivity index (χ3n) is 2.46. The zero-order valence-corrected chi connectivity index (χ0v) is 11.9. The number of hydrogen-bond acceptors (Lipinski definition) is 5. The van der Waals surface area contributed by atoms with Gasteiger partial charge in [0.1, 0.15) is 0 Å². The highest BCUT2D eigenvalue weighted by molar-refractivity contribution is 7.99. The summed E-state index contributed by atoms with van der Waals surface area (Å²) < 4.78 is 1.63. The van der Waals surface area contributed by atoms with Crippen LogP contribution in [0.1, 0.15) is 39.0 Å². The predicted octanol–water partition coefficient (Wildman–Crippen LogP) is 1.39. The van der Waals surface area contributed by atoms with E-state index in [1.807, 2.05) is 7.05 Å². The highest BCUT2D eigenvalue weighted by atomic mass is 32.2. The molecule has 0 aromatic carbocycles. The smallest absolute Gasteiger partial charge is 0.220 e. The van der Waals surface area contributed by atoms with Gasteiger partial charge in [-0.05, 0) is 23.3 Å². The van der Waals surface area contributed by atoms with Crippen molar-refractivity contribution in [1.82, 2.24) is 25.5 Å². The standard InChI is InChI=1S/C11H21N5OS/c1-3-4-5-8-12-10(17)7-6-9-18-11-13-14-15-16(11)2/h3-9H2,1-2H3,(H,12,17). The molecule has 0 aliphatic rings. The minimum absolute atomic E-state index is 0.141. The van der Waals surface area contributed by atoms with Gasteiger partial charge in [-0.15, -0.1) is 5.10 Å². The van der Waals surface area contributed by atoms with Crippen molar-refractivity contribution in [3.63, 3.8) is 0 Å². The Labute approximate surface area is 112 Å². The number of thioether (sulfide) groups is 1. The van der Waals surface area contributed by atoms with Gasteiger partial charge in [0.05, 0.1) is 0 Å². The van der Waals surface area contributed by atoms with Crippen LogP contribution >= 0.6 is 11.8 Å². The number of carbonyl (C=O) groups excluding carboxylic acids is 1. The van der Waals surface area contributed by atoms with E-state index < -0.39 is 0 Å². The molecular weight excluding hydrogens is 250 g/mol. The molecule has 1 N–H and O–H groups in total. The first kappa shape index (κ1) is 14.9. The normalized spacial score (nSPS) is 10.6. The topological polar surface area (TPSA) is 72.7 Å². The maximum absolute atomic E-state index is 11.5. The molecule has 18 heavy (non-hydrogen) atoms. The molecule has 0 bridgehead atoms. The average molecular weight is 271 g/mol. The summed E-state index contributed by atoms with van der Waals surface area (Å²) in [5.41, 5.74) is 0. The van der Waals surface area contributed by atoms with Crippen molar-refractivity contribution in [2.75, 3.05) is 12.3 Å². The lowest BCUT2D eigenvalue weighted by Crippen LogP contribution is -2.24. The molecule has 0 saturated carbocycles. The SMILES string of the molecule is CCCCCNC(=O)CCCSc1nnnn1C. The van der Waals surface area contributed by atoms with Gasteiger partial charge in [-0.3, -0.25) is 4.79 Å². The second-order valence-corrected chi connectivity index (χ2v) is 5.16. The summed E-state index contributed by atoms with van der Waals surface area (Å²) in [5.74, 6) is 0.999. The Hall–Kier alpha value is -1.11. The van der Waals surface area contributed by atoms with Gasteiger partial charge in [-0.2, -0.15) is 0 Å². The molecule has 0 radical (unpaired) electrons. The third kappa shape index (κ3) is 6.00. The first-order valence-electron chi connectivity index (χ1n) is 6.36. The predicted molar refractivity (Wildman–Crippen MR) is 71.3 cm³/mol. The van der Waals surface area contributed by atoms with Crippen LogP contribution in [0.15, 0.2) is 5.16 Å². The summed E-state index contributed by atoms with van der Waals surface area (Å²) in [4.78, 5) is 11.5. The zero-order valence-electron chi connectivity index (χ0n) is 11.1. The van der Waals surface area contributed by atoms with Gasteiger partial charge in [-0.25, -0.2) is 4.68 Å². The first-order valence-corrected chi connectivity index (χ1v) is 7.34. The maximum Gasteiger partial charge on any atom is 0.220 e. The average Bonchev–Trinajstić information content (AvgIpc) is 2.76. The van der Waals surface area contributed by atoms with Gasteiger partial charge in [0.2, 0.25) is 11.1 Å². The Kier molecular flexibility index (Phi) is 7.40. The molecule has 1 aromatic heterocycles. The molecule has 1 heterocycles. The lowest BCUT2D eigenvalue weighted by Gasteiger charge is -2.04. The fourth-order valence-electron chi connectivity index (χ4n) is 1.43. The minimum atomic E-state index is 0.141. The van der Waals surface area contributed by atoms with Crippen molar-refractivity contribution in [2.24, 2.45) is 7.05 Å². The van der Waals surface area contributed by atoms with Crippen molar-refractivity contribution in [3.05, 3.63) is 0 Å². The van der Waals surface area contributed by atoms with Gasteiger partial charge in [0.15, 0.2) is 0 Å². The molecule has 6 nitrogen and oxygen atoms in total. The number of aryl methyl sites for hydroxylation is 1. The Morgan fingerprint density at radius 2 is 2.22 bits per heavy atom. The Morgan fingerprint density at radius 3 is 2.89 bits per heavy atom. The van der Waals surface area contributed by atoms with E-state index in [2.05, 4.69) is 27.8 Å². The summed E-state index contributed by atoms with van der Waals surface area (Å²) in [6.45, 7) is 2.95. The molecule has 0 spiro atoms. The van der Waals surface area contributed by atoms with Crippen LogP contribution < -0.4 is 5.32 Å². The largest absolute Gasteiger partial charge is 0.356 e. The van der Waals surface area contributed by atoms with Gasteiger partial charge >= 0.3 is 0 Å². The monoisotopic (exact) mass is 271 g/mol. The molecule has 0 saturated heterocycles. The molecule has 0 aliphatic heterocycles. The van der Waals surface area contributed by atoms with E-state index in [-0.39, 0.29) is 5.91 Å². The lowest BCUT2D eigenvalue weighted by molar-refractivity contribution is -0.121. The van der Waals surface area contributed by atoms with E-state index in [1.54, 1.807) is 16.4 Å². The summed E-state index contributed by atoms with van der Waals surface area (Å²) >= 11 is 1.57. The molecule has 1 amide bonds. The second kappa shape index (κ2) is 8.91. The van der Waals surface area contributed by atoms with Crippen LogP contribution in [0, 0.1) is 0 Å². The maximum atomic E-state index is 11.5. The molecular formula is C11H21N5OS. The number of aromatic nitrogens is 4. The molecule has 1 rings (SSSR count). The van der Waals surface area contributed by atoms with Gasteiger partial charge in [-0.1, -0.05) is 31.5 Å². The highest BCUT2D eigenvalue weighted by Gasteiger charge is 2.04. The molecule has 0 unspecified atom stereocenters. The minimum Gasteiger partial charge on any atom is -0.356 e. The number of nitrogens with one attached hydrogen (secondary N) is 1. The number of nitrogens with zero attached hydrogens (tertiary/aromatic N) is 4. The van der Waals surface area contributed by atoms with Crippen LogP contribution in [0.4, 0.5) is 0 Å². The zero-order chi connectivity index (χ0) is 13.2. The van der Waals surface area contributed by atoms with Crippen LogP contribution in [0.5, 0.6) is 0 Å². The molecule has 7 heteroatoms. The molecule has 0 aliphatic carbocycles. The summed E-state index contributed by atoms with van der Waals surface area (Å²) in [6.07, 6.45) is 4.84. The van der Waals surface area contributed by atoms with Crippen LogP contribution in [0.2, 0.25) is 0 Å². The van der Waals surface area contributed by atoms with Crippen LogP contribution in [0.3, 0.4) is 0 Å². The van der Waals surface area contributed by atoms with Gasteiger partial charge in [0, 0.05) is 25.8 Å². The Balaban J connectivity index is 2.00. The van der Waals surface area contributed by atoms with E-state index in [0.717, 1.165) is 30.3 Å². The molecule has 0 atom stereocenters. The Morgan fingerprint density at radius 1 is 1.39 bits per heavy atom. The van der Waals surface area contributed by atoms with E-state index >= 15 is 0 Å². The van der Waals surface area contributed by atoms with E-state index in [0.29, 0.717) is 6.42 Å². The number of tetrazole rings is 1. The van der Waals surface area contributed by atoms with Crippen molar-refractivity contribution in [3.8, 4) is 0 Å². The number of unbranched alkanes of at least 4 members (excludes halogenated alkanes) is 2. The van der Waals surface area contributed by atoms with E-state index in [4.69, 9.17) is 0 Å². The van der Waals surface area contributed by atoms with Crippen LogP contribution in [-0.4, -0.2) is 38.4 Å². The molecule has 0 fully saturated rings. The molecule has 1 aromatic rings. The fourth-order valence-corrected chi connectivity index (χ4v) is 2.22. The summed E-state index contributed by atoms with van der Waals surface area (Å²) in [5, 5.41) is 14.9. The lowest BCUT2D eigenvalue weighted by atomic mass is 10.2. The van der Waals surface area contributed by atoms with Crippen LogP contribution in [0.25, 0.3) is 0 Å². The second-order valence-electron chi connectivity index (χ2n) is 4.09. The van der Waals surface area contributed by atoms with Gasteiger partial charge < -0.3 is 5.32 Å².